The van der Waals surface area contributed by atoms with E-state index < -0.39 is 0 Å². The smallest absolute Gasteiger partial charge is 0.129 e. The average molecular weight is 181 g/mol. The van der Waals surface area contributed by atoms with Crippen molar-refractivity contribution >= 4 is 6.21 Å². The van der Waals surface area contributed by atoms with Crippen LogP contribution in [0.5, 0.6) is 0 Å². The summed E-state index contributed by atoms with van der Waals surface area (Å²) in [6, 6.07) is 0. The minimum Gasteiger partial charge on any atom is -0.390 e. The third-order valence-electron chi connectivity index (χ3n) is 1.91. The molecule has 0 fully saturated rings. The summed E-state index contributed by atoms with van der Waals surface area (Å²) in [4.78, 5) is 5.28. The molecule has 2 nitrogen and oxygen atoms in total. The maximum absolute atomic E-state index is 5.28. The van der Waals surface area contributed by atoms with Crippen LogP contribution in [0.3, 0.4) is 0 Å². The van der Waals surface area contributed by atoms with Crippen molar-refractivity contribution < 1.29 is 4.84 Å². The lowest BCUT2D eigenvalue weighted by atomic mass is 9.96. The molecule has 0 amide bonds. The third-order valence-corrected chi connectivity index (χ3v) is 1.91. The standard InChI is InChI=1S/C11H19NO/c1-11(2,3)13-12-9-10-7-5-4-6-8-10/h4-5,9-10H,6-8H2,1-3H3/b12-9+. The third kappa shape index (κ3) is 4.71. The SMILES string of the molecule is CC(C)(C)O/N=C/C1CC=CCC1. The Morgan fingerprint density at radius 1 is 1.38 bits per heavy atom. The van der Waals surface area contributed by atoms with Gasteiger partial charge in [-0.15, -0.1) is 0 Å². The second-order valence-corrected chi connectivity index (χ2v) is 4.50. The molecule has 2 heteroatoms. The van der Waals surface area contributed by atoms with E-state index in [1.807, 2.05) is 27.0 Å². The van der Waals surface area contributed by atoms with Crippen molar-refractivity contribution in [3.8, 4) is 0 Å². The van der Waals surface area contributed by atoms with Crippen LogP contribution in [0.25, 0.3) is 0 Å². The maximum atomic E-state index is 5.28. The molecule has 0 aromatic rings. The Bertz CT molecular complexity index is 201. The van der Waals surface area contributed by atoms with E-state index in [0.717, 1.165) is 6.42 Å². The van der Waals surface area contributed by atoms with Gasteiger partial charge < -0.3 is 4.84 Å². The molecule has 13 heavy (non-hydrogen) atoms. The summed E-state index contributed by atoms with van der Waals surface area (Å²) < 4.78 is 0. The molecule has 0 aliphatic heterocycles. The zero-order valence-corrected chi connectivity index (χ0v) is 8.79. The van der Waals surface area contributed by atoms with Crippen LogP contribution in [0.1, 0.15) is 40.0 Å². The number of allylic oxidation sites excluding steroid dienone is 2. The number of oxime groups is 1. The van der Waals surface area contributed by atoms with Crippen molar-refractivity contribution in [1.29, 1.82) is 0 Å². The fourth-order valence-electron chi connectivity index (χ4n) is 1.23. The Balaban J connectivity index is 2.27. The van der Waals surface area contributed by atoms with Crippen molar-refractivity contribution in [3.63, 3.8) is 0 Å². The highest BCUT2D eigenvalue weighted by atomic mass is 16.6. The zero-order valence-electron chi connectivity index (χ0n) is 8.79. The van der Waals surface area contributed by atoms with Gasteiger partial charge in [-0.25, -0.2) is 0 Å². The predicted octanol–water partition coefficient (Wildman–Crippen LogP) is 3.14. The lowest BCUT2D eigenvalue weighted by Gasteiger charge is -2.17. The first-order valence-corrected chi connectivity index (χ1v) is 4.94. The minimum absolute atomic E-state index is 0.166. The molecule has 1 unspecified atom stereocenters. The van der Waals surface area contributed by atoms with E-state index in [0.29, 0.717) is 5.92 Å². The van der Waals surface area contributed by atoms with Crippen LogP contribution in [0.4, 0.5) is 0 Å². The summed E-state index contributed by atoms with van der Waals surface area (Å²) in [5.41, 5.74) is -0.166. The van der Waals surface area contributed by atoms with Crippen LogP contribution < -0.4 is 0 Å². The summed E-state index contributed by atoms with van der Waals surface area (Å²) in [6.45, 7) is 6.02. The Labute approximate surface area is 80.7 Å². The van der Waals surface area contributed by atoms with Gasteiger partial charge in [0, 0.05) is 12.1 Å². The second-order valence-electron chi connectivity index (χ2n) is 4.50. The van der Waals surface area contributed by atoms with Crippen LogP contribution in [0.2, 0.25) is 0 Å². The van der Waals surface area contributed by atoms with Crippen molar-refractivity contribution in [1.82, 2.24) is 0 Å². The Morgan fingerprint density at radius 3 is 2.69 bits per heavy atom. The van der Waals surface area contributed by atoms with Crippen molar-refractivity contribution in [2.45, 2.75) is 45.6 Å². The molecule has 0 aromatic carbocycles. The van der Waals surface area contributed by atoms with E-state index >= 15 is 0 Å². The van der Waals surface area contributed by atoms with E-state index in [1.165, 1.54) is 12.8 Å². The molecular weight excluding hydrogens is 162 g/mol. The molecule has 74 valence electrons. The number of nitrogens with zero attached hydrogens (tertiary/aromatic N) is 1. The Morgan fingerprint density at radius 2 is 2.15 bits per heavy atom. The van der Waals surface area contributed by atoms with Crippen LogP contribution in [-0.4, -0.2) is 11.8 Å². The highest BCUT2D eigenvalue weighted by Gasteiger charge is 2.11. The lowest BCUT2D eigenvalue weighted by molar-refractivity contribution is 0.00111. The van der Waals surface area contributed by atoms with Crippen LogP contribution in [0, 0.1) is 5.92 Å². The van der Waals surface area contributed by atoms with Gasteiger partial charge in [0.1, 0.15) is 5.60 Å². The monoisotopic (exact) mass is 181 g/mol. The van der Waals surface area contributed by atoms with Crippen molar-refractivity contribution in [2.75, 3.05) is 0 Å². The predicted molar refractivity (Wildman–Crippen MR) is 55.8 cm³/mol. The summed E-state index contributed by atoms with van der Waals surface area (Å²) in [7, 11) is 0. The summed E-state index contributed by atoms with van der Waals surface area (Å²) in [5, 5.41) is 4.01. The molecular formula is C11H19NO. The van der Waals surface area contributed by atoms with Crippen LogP contribution in [0.15, 0.2) is 17.3 Å². The molecule has 0 radical (unpaired) electrons. The zero-order chi connectivity index (χ0) is 9.73. The maximum Gasteiger partial charge on any atom is 0.129 e. The van der Waals surface area contributed by atoms with Gasteiger partial charge >= 0.3 is 0 Å². The molecule has 0 saturated carbocycles. The van der Waals surface area contributed by atoms with E-state index in [4.69, 9.17) is 4.84 Å². The normalized spacial score (nSPS) is 23.8. The molecule has 1 aliphatic carbocycles. The van der Waals surface area contributed by atoms with Crippen LogP contribution >= 0.6 is 0 Å². The molecule has 0 N–H and O–H groups in total. The van der Waals surface area contributed by atoms with E-state index in [1.54, 1.807) is 0 Å². The number of hydrogen-bond donors (Lipinski definition) is 0. The van der Waals surface area contributed by atoms with Gasteiger partial charge in [-0.2, -0.15) is 0 Å². The van der Waals surface area contributed by atoms with Gasteiger partial charge in [0.15, 0.2) is 0 Å². The summed E-state index contributed by atoms with van der Waals surface area (Å²) in [6.07, 6.45) is 9.87. The first-order chi connectivity index (χ1) is 6.08. The topological polar surface area (TPSA) is 21.6 Å². The van der Waals surface area contributed by atoms with Gasteiger partial charge in [0.25, 0.3) is 0 Å². The second kappa shape index (κ2) is 4.45. The first kappa shape index (κ1) is 10.3. The van der Waals surface area contributed by atoms with Gasteiger partial charge in [-0.1, -0.05) is 17.3 Å². The fraction of sp³-hybridized carbons (Fsp3) is 0.727. The molecule has 0 saturated heterocycles. The molecule has 1 rings (SSSR count). The highest BCUT2D eigenvalue weighted by molar-refractivity contribution is 5.60. The molecule has 0 heterocycles. The molecule has 0 spiro atoms. The quantitative estimate of drug-likeness (QED) is 0.364. The molecule has 1 aliphatic rings. The molecule has 0 aromatic heterocycles. The van der Waals surface area contributed by atoms with E-state index in [2.05, 4.69) is 17.3 Å². The van der Waals surface area contributed by atoms with Gasteiger partial charge in [-0.05, 0) is 40.0 Å². The molecule has 0 bridgehead atoms. The largest absolute Gasteiger partial charge is 0.390 e. The minimum atomic E-state index is -0.166. The van der Waals surface area contributed by atoms with E-state index in [9.17, 15) is 0 Å². The number of hydrogen-bond acceptors (Lipinski definition) is 2. The first-order valence-electron chi connectivity index (χ1n) is 4.94. The summed E-state index contributed by atoms with van der Waals surface area (Å²) in [5.74, 6) is 0.576. The van der Waals surface area contributed by atoms with Gasteiger partial charge in [0.05, 0.1) is 0 Å². The fourth-order valence-corrected chi connectivity index (χ4v) is 1.23. The Kier molecular flexibility index (Phi) is 3.52. The molecule has 1 atom stereocenters. The van der Waals surface area contributed by atoms with Gasteiger partial charge in [-0.3, -0.25) is 0 Å². The van der Waals surface area contributed by atoms with Crippen molar-refractivity contribution in [3.05, 3.63) is 12.2 Å². The van der Waals surface area contributed by atoms with Crippen molar-refractivity contribution in [2.24, 2.45) is 11.1 Å². The van der Waals surface area contributed by atoms with Gasteiger partial charge in [0.2, 0.25) is 0 Å². The summed E-state index contributed by atoms with van der Waals surface area (Å²) >= 11 is 0. The van der Waals surface area contributed by atoms with E-state index in [-0.39, 0.29) is 5.60 Å². The number of rotatable bonds is 2. The average Bonchev–Trinajstić information content (AvgIpc) is 2.04. The lowest BCUT2D eigenvalue weighted by Crippen LogP contribution is -2.16. The van der Waals surface area contributed by atoms with Crippen LogP contribution in [-0.2, 0) is 4.84 Å². The Hall–Kier alpha value is -0.790. The highest BCUT2D eigenvalue weighted by Crippen LogP contribution is 2.16.